The number of nitrogens with zero attached hydrogens (tertiary/aromatic N) is 3. The van der Waals surface area contributed by atoms with Gasteiger partial charge in [-0.15, -0.1) is 0 Å². The van der Waals surface area contributed by atoms with E-state index >= 15 is 0 Å². The van der Waals surface area contributed by atoms with E-state index in [-0.39, 0.29) is 5.69 Å². The number of halogens is 1. The SMILES string of the molecule is CCN(c1cccc(C)c1)c1ncc(Br)cc1[N+](=O)[O-]. The molecular weight excluding hydrogens is 322 g/mol. The maximum Gasteiger partial charge on any atom is 0.313 e. The monoisotopic (exact) mass is 335 g/mol. The number of aromatic nitrogens is 1. The van der Waals surface area contributed by atoms with Crippen LogP contribution in [0.25, 0.3) is 0 Å². The summed E-state index contributed by atoms with van der Waals surface area (Å²) in [7, 11) is 0. The van der Waals surface area contributed by atoms with Crippen LogP contribution in [0, 0.1) is 17.0 Å². The van der Waals surface area contributed by atoms with E-state index in [2.05, 4.69) is 20.9 Å². The molecule has 20 heavy (non-hydrogen) atoms. The van der Waals surface area contributed by atoms with Crippen LogP contribution in [-0.2, 0) is 0 Å². The van der Waals surface area contributed by atoms with E-state index < -0.39 is 4.92 Å². The van der Waals surface area contributed by atoms with E-state index in [4.69, 9.17) is 0 Å². The first-order valence-electron chi connectivity index (χ1n) is 6.17. The zero-order valence-corrected chi connectivity index (χ0v) is 12.8. The Bertz CT molecular complexity index is 646. The van der Waals surface area contributed by atoms with E-state index in [1.165, 1.54) is 6.07 Å². The summed E-state index contributed by atoms with van der Waals surface area (Å²) in [6.45, 7) is 4.52. The molecule has 1 heterocycles. The van der Waals surface area contributed by atoms with Crippen molar-refractivity contribution in [2.75, 3.05) is 11.4 Å². The summed E-state index contributed by atoms with van der Waals surface area (Å²) in [4.78, 5) is 16.8. The van der Waals surface area contributed by atoms with Crippen LogP contribution in [0.15, 0.2) is 41.0 Å². The van der Waals surface area contributed by atoms with Gasteiger partial charge < -0.3 is 4.90 Å². The van der Waals surface area contributed by atoms with Crippen LogP contribution in [-0.4, -0.2) is 16.5 Å². The number of aryl methyl sites for hydroxylation is 1. The highest BCUT2D eigenvalue weighted by Gasteiger charge is 2.22. The predicted molar refractivity (Wildman–Crippen MR) is 82.5 cm³/mol. The minimum atomic E-state index is -0.411. The van der Waals surface area contributed by atoms with E-state index in [1.807, 2.05) is 43.0 Å². The zero-order valence-electron chi connectivity index (χ0n) is 11.2. The Hall–Kier alpha value is -1.95. The number of benzene rings is 1. The molecule has 0 radical (unpaired) electrons. The lowest BCUT2D eigenvalue weighted by molar-refractivity contribution is -0.384. The summed E-state index contributed by atoms with van der Waals surface area (Å²) in [6, 6.07) is 9.29. The standard InChI is InChI=1S/C14H14BrN3O2/c1-3-17(12-6-4-5-10(2)7-12)14-13(18(19)20)8-11(15)9-16-14/h4-9H,3H2,1-2H3. The van der Waals surface area contributed by atoms with Crippen molar-refractivity contribution in [1.82, 2.24) is 4.98 Å². The van der Waals surface area contributed by atoms with Gasteiger partial charge in [0.2, 0.25) is 5.82 Å². The Morgan fingerprint density at radius 2 is 2.15 bits per heavy atom. The average Bonchev–Trinajstić information content (AvgIpc) is 2.41. The van der Waals surface area contributed by atoms with Crippen LogP contribution in [0.2, 0.25) is 0 Å². The lowest BCUT2D eigenvalue weighted by Gasteiger charge is -2.22. The van der Waals surface area contributed by atoms with Gasteiger partial charge in [-0.2, -0.15) is 0 Å². The molecule has 0 saturated carbocycles. The van der Waals surface area contributed by atoms with E-state index in [9.17, 15) is 10.1 Å². The maximum atomic E-state index is 11.2. The van der Waals surface area contributed by atoms with Crippen LogP contribution in [0.5, 0.6) is 0 Å². The quantitative estimate of drug-likeness (QED) is 0.620. The molecule has 0 atom stereocenters. The molecule has 0 unspecified atom stereocenters. The number of hydrogen-bond donors (Lipinski definition) is 0. The molecule has 2 aromatic rings. The molecule has 6 heteroatoms. The Kier molecular flexibility index (Phi) is 4.34. The summed E-state index contributed by atoms with van der Waals surface area (Å²) in [5, 5.41) is 11.2. The molecule has 0 aliphatic rings. The topological polar surface area (TPSA) is 59.3 Å². The molecule has 0 saturated heterocycles. The normalized spacial score (nSPS) is 10.3. The van der Waals surface area contributed by atoms with E-state index in [0.717, 1.165) is 11.3 Å². The second kappa shape index (κ2) is 6.00. The van der Waals surface area contributed by atoms with Crippen molar-refractivity contribution in [3.05, 3.63) is 56.7 Å². The Morgan fingerprint density at radius 3 is 2.75 bits per heavy atom. The number of hydrogen-bond acceptors (Lipinski definition) is 4. The minimum Gasteiger partial charge on any atom is -0.321 e. The van der Waals surface area contributed by atoms with Gasteiger partial charge in [-0.25, -0.2) is 4.98 Å². The van der Waals surface area contributed by atoms with E-state index in [1.54, 1.807) is 6.20 Å². The molecule has 0 spiro atoms. The predicted octanol–water partition coefficient (Wildman–Crippen LogP) is 4.22. The molecule has 104 valence electrons. The van der Waals surface area contributed by atoms with Crippen molar-refractivity contribution in [3.8, 4) is 0 Å². The Balaban J connectivity index is 2.55. The van der Waals surface area contributed by atoms with Crippen molar-refractivity contribution in [2.45, 2.75) is 13.8 Å². The van der Waals surface area contributed by atoms with Gasteiger partial charge in [0.05, 0.1) is 4.92 Å². The van der Waals surface area contributed by atoms with Crippen molar-refractivity contribution in [3.63, 3.8) is 0 Å². The fourth-order valence-corrected chi connectivity index (χ4v) is 2.33. The molecule has 0 fully saturated rings. The van der Waals surface area contributed by atoms with Gasteiger partial charge in [0.15, 0.2) is 0 Å². The van der Waals surface area contributed by atoms with Gasteiger partial charge in [-0.05, 0) is 47.5 Å². The first-order valence-corrected chi connectivity index (χ1v) is 6.96. The largest absolute Gasteiger partial charge is 0.321 e. The van der Waals surface area contributed by atoms with Crippen molar-refractivity contribution in [2.24, 2.45) is 0 Å². The van der Waals surface area contributed by atoms with Gasteiger partial charge in [0, 0.05) is 29.0 Å². The molecular formula is C14H14BrN3O2. The highest BCUT2D eigenvalue weighted by atomic mass is 79.9. The van der Waals surface area contributed by atoms with E-state index in [0.29, 0.717) is 16.8 Å². The summed E-state index contributed by atoms with van der Waals surface area (Å²) < 4.78 is 0.591. The first kappa shape index (κ1) is 14.5. The van der Waals surface area contributed by atoms with Crippen molar-refractivity contribution >= 4 is 33.1 Å². The van der Waals surface area contributed by atoms with Crippen LogP contribution >= 0.6 is 15.9 Å². The molecule has 0 aliphatic carbocycles. The summed E-state index contributed by atoms with van der Waals surface area (Å²) in [6.07, 6.45) is 1.57. The van der Waals surface area contributed by atoms with Crippen LogP contribution in [0.1, 0.15) is 12.5 Å². The number of anilines is 2. The fraction of sp³-hybridized carbons (Fsp3) is 0.214. The molecule has 0 aliphatic heterocycles. The van der Waals surface area contributed by atoms with Gasteiger partial charge in [-0.3, -0.25) is 10.1 Å². The fourth-order valence-electron chi connectivity index (χ4n) is 2.01. The minimum absolute atomic E-state index is 0.0114. The third-order valence-corrected chi connectivity index (χ3v) is 3.33. The highest BCUT2D eigenvalue weighted by molar-refractivity contribution is 9.10. The molecule has 2 rings (SSSR count). The first-order chi connectivity index (χ1) is 9.52. The van der Waals surface area contributed by atoms with Crippen LogP contribution < -0.4 is 4.90 Å². The lowest BCUT2D eigenvalue weighted by Crippen LogP contribution is -2.18. The van der Waals surface area contributed by atoms with Crippen molar-refractivity contribution in [1.29, 1.82) is 0 Å². The Labute approximate surface area is 125 Å². The maximum absolute atomic E-state index is 11.2. The smallest absolute Gasteiger partial charge is 0.313 e. The van der Waals surface area contributed by atoms with Crippen molar-refractivity contribution < 1.29 is 4.92 Å². The van der Waals surface area contributed by atoms with Gasteiger partial charge in [0.1, 0.15) is 0 Å². The Morgan fingerprint density at radius 1 is 1.40 bits per heavy atom. The van der Waals surface area contributed by atoms with Crippen LogP contribution in [0.4, 0.5) is 17.2 Å². The van der Waals surface area contributed by atoms with Gasteiger partial charge in [-0.1, -0.05) is 12.1 Å². The number of pyridine rings is 1. The second-order valence-electron chi connectivity index (χ2n) is 4.34. The average molecular weight is 336 g/mol. The molecule has 0 amide bonds. The summed E-state index contributed by atoms with van der Waals surface area (Å²) in [5.41, 5.74) is 1.98. The van der Waals surface area contributed by atoms with Gasteiger partial charge >= 0.3 is 5.69 Å². The summed E-state index contributed by atoms with van der Waals surface area (Å²) in [5.74, 6) is 0.353. The third kappa shape index (κ3) is 2.96. The third-order valence-electron chi connectivity index (χ3n) is 2.90. The molecule has 0 bridgehead atoms. The molecule has 1 aromatic carbocycles. The van der Waals surface area contributed by atoms with Gasteiger partial charge in [0.25, 0.3) is 0 Å². The molecule has 1 aromatic heterocycles. The summed E-state index contributed by atoms with van der Waals surface area (Å²) >= 11 is 3.22. The number of rotatable bonds is 4. The lowest BCUT2D eigenvalue weighted by atomic mass is 10.2. The molecule has 5 nitrogen and oxygen atoms in total. The highest BCUT2D eigenvalue weighted by Crippen LogP contribution is 2.33. The molecule has 0 N–H and O–H groups in total. The second-order valence-corrected chi connectivity index (χ2v) is 5.25. The van der Waals surface area contributed by atoms with Crippen LogP contribution in [0.3, 0.4) is 0 Å². The number of nitro groups is 1. The zero-order chi connectivity index (χ0) is 14.7.